The average Bonchev–Trinajstić information content (AvgIpc) is 2.72. The fraction of sp³-hybridized carbons (Fsp3) is 0.571. The summed E-state index contributed by atoms with van der Waals surface area (Å²) in [6.07, 6.45) is 2.36. The molecule has 1 unspecified atom stereocenters. The third-order valence-corrected chi connectivity index (χ3v) is 3.46. The molecule has 3 nitrogen and oxygen atoms in total. The van der Waals surface area contributed by atoms with Crippen molar-refractivity contribution in [2.24, 2.45) is 5.73 Å². The fourth-order valence-electron chi connectivity index (χ4n) is 2.60. The van der Waals surface area contributed by atoms with Crippen molar-refractivity contribution in [3.63, 3.8) is 0 Å². The lowest BCUT2D eigenvalue weighted by Gasteiger charge is -2.25. The third-order valence-electron chi connectivity index (χ3n) is 3.46. The van der Waals surface area contributed by atoms with E-state index in [1.54, 1.807) is 0 Å². The predicted octanol–water partition coefficient (Wildman–Crippen LogP) is 2.19. The van der Waals surface area contributed by atoms with Gasteiger partial charge in [0.15, 0.2) is 0 Å². The number of hydrogen-bond acceptors (Lipinski definition) is 3. The van der Waals surface area contributed by atoms with Crippen molar-refractivity contribution in [2.45, 2.75) is 32.7 Å². The van der Waals surface area contributed by atoms with Crippen LogP contribution >= 0.6 is 0 Å². The second kappa shape index (κ2) is 5.41. The van der Waals surface area contributed by atoms with Gasteiger partial charge in [-0.1, -0.05) is 13.0 Å². The van der Waals surface area contributed by atoms with Crippen LogP contribution in [0.4, 0.5) is 5.69 Å². The Morgan fingerprint density at radius 2 is 2.24 bits per heavy atom. The van der Waals surface area contributed by atoms with E-state index in [0.29, 0.717) is 19.2 Å². The van der Waals surface area contributed by atoms with Gasteiger partial charge in [-0.3, -0.25) is 0 Å². The highest BCUT2D eigenvalue weighted by Gasteiger charge is 2.26. The molecule has 0 fully saturated rings. The van der Waals surface area contributed by atoms with E-state index >= 15 is 0 Å². The van der Waals surface area contributed by atoms with Crippen LogP contribution in [-0.2, 0) is 6.42 Å². The normalized spacial score (nSPS) is 18.3. The van der Waals surface area contributed by atoms with E-state index in [1.165, 1.54) is 17.7 Å². The van der Waals surface area contributed by atoms with Gasteiger partial charge in [-0.2, -0.15) is 0 Å². The van der Waals surface area contributed by atoms with Gasteiger partial charge < -0.3 is 15.4 Å². The summed E-state index contributed by atoms with van der Waals surface area (Å²) in [6, 6.07) is 7.06. The van der Waals surface area contributed by atoms with E-state index in [2.05, 4.69) is 36.9 Å². The summed E-state index contributed by atoms with van der Waals surface area (Å²) in [7, 11) is 0. The molecule has 0 amide bonds. The van der Waals surface area contributed by atoms with Gasteiger partial charge in [0, 0.05) is 30.9 Å². The van der Waals surface area contributed by atoms with Crippen LogP contribution in [0.5, 0.6) is 5.75 Å². The number of likely N-dealkylation sites (N-methyl/N-ethyl adjacent to an activating group) is 1. The molecule has 0 bridgehead atoms. The Kier molecular flexibility index (Phi) is 3.89. The maximum atomic E-state index is 5.59. The van der Waals surface area contributed by atoms with Gasteiger partial charge in [0.05, 0.1) is 0 Å². The third kappa shape index (κ3) is 2.39. The molecule has 1 aliphatic heterocycles. The van der Waals surface area contributed by atoms with Gasteiger partial charge in [-0.05, 0) is 31.4 Å². The quantitative estimate of drug-likeness (QED) is 0.848. The molecule has 17 heavy (non-hydrogen) atoms. The van der Waals surface area contributed by atoms with E-state index in [-0.39, 0.29) is 0 Å². The minimum atomic E-state index is 0.562. The minimum Gasteiger partial charge on any atom is -0.492 e. The van der Waals surface area contributed by atoms with Crippen LogP contribution < -0.4 is 15.4 Å². The Balaban J connectivity index is 2.21. The Hall–Kier alpha value is -1.22. The van der Waals surface area contributed by atoms with Crippen molar-refractivity contribution in [2.75, 3.05) is 24.6 Å². The smallest absolute Gasteiger partial charge is 0.121 e. The molecule has 0 spiro atoms. The number of nitrogens with two attached hydrogens (primary N) is 1. The summed E-state index contributed by atoms with van der Waals surface area (Å²) < 4.78 is 5.59. The number of ether oxygens (including phenoxy) is 1. The van der Waals surface area contributed by atoms with Crippen LogP contribution in [0.1, 0.15) is 25.8 Å². The van der Waals surface area contributed by atoms with E-state index in [4.69, 9.17) is 10.5 Å². The summed E-state index contributed by atoms with van der Waals surface area (Å²) in [6.45, 7) is 6.68. The number of fused-ring (bicyclic) bond motifs is 1. The lowest BCUT2D eigenvalue weighted by atomic mass is 10.1. The number of nitrogens with zero attached hydrogens (tertiary/aromatic N) is 1. The maximum absolute atomic E-state index is 5.59. The van der Waals surface area contributed by atoms with Crippen molar-refractivity contribution in [3.8, 4) is 5.75 Å². The van der Waals surface area contributed by atoms with Crippen LogP contribution in [0.15, 0.2) is 18.2 Å². The molecule has 1 aromatic carbocycles. The molecule has 1 heterocycles. The lowest BCUT2D eigenvalue weighted by molar-refractivity contribution is 0.328. The average molecular weight is 234 g/mol. The highest BCUT2D eigenvalue weighted by molar-refractivity contribution is 5.62. The van der Waals surface area contributed by atoms with E-state index in [9.17, 15) is 0 Å². The second-order valence-corrected chi connectivity index (χ2v) is 4.48. The molecule has 0 aromatic heterocycles. The summed E-state index contributed by atoms with van der Waals surface area (Å²) >= 11 is 0. The fourth-order valence-corrected chi connectivity index (χ4v) is 2.60. The molecule has 0 saturated heterocycles. The monoisotopic (exact) mass is 234 g/mol. The van der Waals surface area contributed by atoms with Gasteiger partial charge in [0.25, 0.3) is 0 Å². The topological polar surface area (TPSA) is 38.5 Å². The molecule has 0 aliphatic carbocycles. The number of rotatable bonds is 5. The molecule has 2 rings (SSSR count). The van der Waals surface area contributed by atoms with Crippen molar-refractivity contribution < 1.29 is 4.74 Å². The molecule has 1 aliphatic rings. The van der Waals surface area contributed by atoms with E-state index < -0.39 is 0 Å². The summed E-state index contributed by atoms with van der Waals surface area (Å²) in [5, 5.41) is 0. The largest absolute Gasteiger partial charge is 0.492 e. The predicted molar refractivity (Wildman–Crippen MR) is 71.8 cm³/mol. The van der Waals surface area contributed by atoms with E-state index in [1.807, 2.05) is 0 Å². The SMILES string of the molecule is CCC1Cc2ccc(OCCN)cc2N1CC. The summed E-state index contributed by atoms with van der Waals surface area (Å²) in [4.78, 5) is 2.48. The molecule has 0 saturated carbocycles. The van der Waals surface area contributed by atoms with Gasteiger partial charge in [-0.15, -0.1) is 0 Å². The lowest BCUT2D eigenvalue weighted by Crippen LogP contribution is -2.30. The zero-order chi connectivity index (χ0) is 12.3. The van der Waals surface area contributed by atoms with Crippen LogP contribution in [0.25, 0.3) is 0 Å². The highest BCUT2D eigenvalue weighted by atomic mass is 16.5. The Bertz CT molecular complexity index is 378. The first-order valence-corrected chi connectivity index (χ1v) is 6.52. The first kappa shape index (κ1) is 12.2. The van der Waals surface area contributed by atoms with Gasteiger partial charge in [-0.25, -0.2) is 0 Å². The summed E-state index contributed by atoms with van der Waals surface area (Å²) in [5.74, 6) is 0.935. The minimum absolute atomic E-state index is 0.562. The standard InChI is InChI=1S/C14H22N2O/c1-3-12-9-11-5-6-13(17-8-7-15)10-14(11)16(12)4-2/h5-6,10,12H,3-4,7-9,15H2,1-2H3. The van der Waals surface area contributed by atoms with Gasteiger partial charge in [0.1, 0.15) is 12.4 Å². The zero-order valence-electron chi connectivity index (χ0n) is 10.8. The van der Waals surface area contributed by atoms with Gasteiger partial charge in [0.2, 0.25) is 0 Å². The zero-order valence-corrected chi connectivity index (χ0v) is 10.8. The summed E-state index contributed by atoms with van der Waals surface area (Å²) in [5.41, 5.74) is 8.24. The van der Waals surface area contributed by atoms with Gasteiger partial charge >= 0.3 is 0 Å². The Morgan fingerprint density at radius 3 is 2.88 bits per heavy atom. The second-order valence-electron chi connectivity index (χ2n) is 4.48. The van der Waals surface area contributed by atoms with Crippen molar-refractivity contribution in [1.29, 1.82) is 0 Å². The number of hydrogen-bond donors (Lipinski definition) is 1. The van der Waals surface area contributed by atoms with Crippen LogP contribution in [-0.4, -0.2) is 25.7 Å². The number of anilines is 1. The molecule has 1 aromatic rings. The van der Waals surface area contributed by atoms with Crippen molar-refractivity contribution in [1.82, 2.24) is 0 Å². The van der Waals surface area contributed by atoms with E-state index in [0.717, 1.165) is 18.7 Å². The maximum Gasteiger partial charge on any atom is 0.121 e. The molecular formula is C14H22N2O. The molecule has 1 atom stereocenters. The molecular weight excluding hydrogens is 212 g/mol. The Labute approximate surface area is 104 Å². The molecule has 2 N–H and O–H groups in total. The van der Waals surface area contributed by atoms with Crippen molar-refractivity contribution in [3.05, 3.63) is 23.8 Å². The van der Waals surface area contributed by atoms with Crippen molar-refractivity contribution >= 4 is 5.69 Å². The van der Waals surface area contributed by atoms with Crippen LogP contribution in [0.2, 0.25) is 0 Å². The molecule has 3 heteroatoms. The first-order chi connectivity index (χ1) is 8.30. The molecule has 0 radical (unpaired) electrons. The number of benzene rings is 1. The Morgan fingerprint density at radius 1 is 1.41 bits per heavy atom. The highest BCUT2D eigenvalue weighted by Crippen LogP contribution is 2.35. The van der Waals surface area contributed by atoms with Crippen LogP contribution in [0, 0.1) is 0 Å². The first-order valence-electron chi connectivity index (χ1n) is 6.52. The molecule has 94 valence electrons. The van der Waals surface area contributed by atoms with Crippen LogP contribution in [0.3, 0.4) is 0 Å².